The zero-order chi connectivity index (χ0) is 12.1. The highest BCUT2D eigenvalue weighted by Crippen LogP contribution is 2.19. The number of carbonyl (C=O) groups excluding carboxylic acids is 1. The molecular formula is C12H17BrN2O. The van der Waals surface area contributed by atoms with Crippen molar-refractivity contribution in [3.8, 4) is 0 Å². The lowest BCUT2D eigenvalue weighted by atomic mass is 10.0. The van der Waals surface area contributed by atoms with Gasteiger partial charge in [0.25, 0.3) is 0 Å². The van der Waals surface area contributed by atoms with Crippen LogP contribution in [0.25, 0.3) is 0 Å². The fourth-order valence-electron chi connectivity index (χ4n) is 1.42. The Hall–Kier alpha value is -0.870. The number of halogens is 1. The second kappa shape index (κ2) is 6.01. The van der Waals surface area contributed by atoms with Crippen molar-refractivity contribution in [1.29, 1.82) is 0 Å². The minimum absolute atomic E-state index is 0.0339. The summed E-state index contributed by atoms with van der Waals surface area (Å²) in [7, 11) is 0. The first-order valence-corrected chi connectivity index (χ1v) is 6.15. The second-order valence-corrected chi connectivity index (χ2v) is 4.73. The summed E-state index contributed by atoms with van der Waals surface area (Å²) in [4.78, 5) is 11.5. The Labute approximate surface area is 105 Å². The third-order valence-corrected chi connectivity index (χ3v) is 2.94. The molecule has 0 saturated heterocycles. The summed E-state index contributed by atoms with van der Waals surface area (Å²) in [6.07, 6.45) is 0.847. The number of benzene rings is 1. The number of hydrogen-bond acceptors (Lipinski definition) is 2. The van der Waals surface area contributed by atoms with E-state index in [4.69, 9.17) is 5.73 Å². The number of carbonyl (C=O) groups is 1. The molecule has 0 spiro atoms. The van der Waals surface area contributed by atoms with Crippen molar-refractivity contribution < 1.29 is 4.79 Å². The first kappa shape index (κ1) is 13.2. The van der Waals surface area contributed by atoms with E-state index in [1.807, 2.05) is 31.2 Å². The minimum Gasteiger partial charge on any atom is -0.348 e. The zero-order valence-electron chi connectivity index (χ0n) is 9.53. The predicted molar refractivity (Wildman–Crippen MR) is 69.0 cm³/mol. The van der Waals surface area contributed by atoms with Crippen molar-refractivity contribution >= 4 is 21.8 Å². The van der Waals surface area contributed by atoms with E-state index in [1.54, 1.807) is 6.92 Å². The molecule has 0 aliphatic carbocycles. The van der Waals surface area contributed by atoms with Gasteiger partial charge in [0, 0.05) is 4.47 Å². The molecule has 0 bridgehead atoms. The van der Waals surface area contributed by atoms with Gasteiger partial charge in [0.05, 0.1) is 12.1 Å². The van der Waals surface area contributed by atoms with Gasteiger partial charge in [-0.1, -0.05) is 35.0 Å². The smallest absolute Gasteiger partial charge is 0.237 e. The molecule has 1 rings (SSSR count). The van der Waals surface area contributed by atoms with Gasteiger partial charge in [-0.15, -0.1) is 0 Å². The molecule has 1 aromatic carbocycles. The molecule has 1 amide bonds. The lowest BCUT2D eigenvalue weighted by Gasteiger charge is -2.18. The fraction of sp³-hybridized carbons (Fsp3) is 0.417. The van der Waals surface area contributed by atoms with Crippen molar-refractivity contribution in [1.82, 2.24) is 5.32 Å². The van der Waals surface area contributed by atoms with E-state index < -0.39 is 6.04 Å². The number of nitrogens with two attached hydrogens (primary N) is 1. The molecule has 0 aromatic heterocycles. The molecule has 3 N–H and O–H groups in total. The van der Waals surface area contributed by atoms with Crippen molar-refractivity contribution in [2.45, 2.75) is 32.4 Å². The summed E-state index contributed by atoms with van der Waals surface area (Å²) in [5.74, 6) is -0.116. The van der Waals surface area contributed by atoms with E-state index in [9.17, 15) is 4.79 Å². The molecule has 0 heterocycles. The lowest BCUT2D eigenvalue weighted by molar-refractivity contribution is -0.122. The maximum atomic E-state index is 11.5. The van der Waals surface area contributed by atoms with Gasteiger partial charge < -0.3 is 11.1 Å². The number of hydrogen-bond donors (Lipinski definition) is 2. The van der Waals surface area contributed by atoms with E-state index in [-0.39, 0.29) is 11.9 Å². The molecule has 1 unspecified atom stereocenters. The molecule has 3 nitrogen and oxygen atoms in total. The highest BCUT2D eigenvalue weighted by atomic mass is 79.9. The first-order chi connectivity index (χ1) is 7.54. The third kappa shape index (κ3) is 3.61. The minimum atomic E-state index is -0.468. The molecule has 0 radical (unpaired) electrons. The van der Waals surface area contributed by atoms with Gasteiger partial charge in [0.1, 0.15) is 0 Å². The monoisotopic (exact) mass is 284 g/mol. The van der Waals surface area contributed by atoms with Crippen LogP contribution in [-0.4, -0.2) is 11.9 Å². The maximum absolute atomic E-state index is 11.5. The number of amides is 1. The van der Waals surface area contributed by atoms with Crippen LogP contribution in [0.5, 0.6) is 0 Å². The maximum Gasteiger partial charge on any atom is 0.237 e. The zero-order valence-corrected chi connectivity index (χ0v) is 11.1. The highest BCUT2D eigenvalue weighted by Gasteiger charge is 2.14. The van der Waals surface area contributed by atoms with Crippen LogP contribution in [0.4, 0.5) is 0 Å². The Bertz CT molecular complexity index is 349. The summed E-state index contributed by atoms with van der Waals surface area (Å²) in [5.41, 5.74) is 6.62. The molecular weight excluding hydrogens is 268 g/mol. The quantitative estimate of drug-likeness (QED) is 0.892. The fourth-order valence-corrected chi connectivity index (χ4v) is 1.68. The average molecular weight is 285 g/mol. The molecule has 2 atom stereocenters. The Kier molecular flexibility index (Phi) is 4.96. The summed E-state index contributed by atoms with van der Waals surface area (Å²) in [6, 6.07) is 7.50. The average Bonchev–Trinajstić information content (AvgIpc) is 2.26. The van der Waals surface area contributed by atoms with Gasteiger partial charge in [-0.05, 0) is 31.0 Å². The van der Waals surface area contributed by atoms with Crippen LogP contribution in [0.1, 0.15) is 31.9 Å². The van der Waals surface area contributed by atoms with Gasteiger partial charge in [-0.3, -0.25) is 4.79 Å². The molecule has 0 fully saturated rings. The van der Waals surface area contributed by atoms with E-state index in [2.05, 4.69) is 21.2 Å². The van der Waals surface area contributed by atoms with E-state index in [1.165, 1.54) is 0 Å². The van der Waals surface area contributed by atoms with Crippen LogP contribution in [0, 0.1) is 0 Å². The molecule has 0 aliphatic heterocycles. The third-order valence-electron chi connectivity index (χ3n) is 2.41. The van der Waals surface area contributed by atoms with Crippen LogP contribution in [0.15, 0.2) is 28.7 Å². The Morgan fingerprint density at radius 3 is 2.44 bits per heavy atom. The molecule has 4 heteroatoms. The Morgan fingerprint density at radius 1 is 1.44 bits per heavy atom. The number of nitrogens with one attached hydrogen (secondary N) is 1. The normalized spacial score (nSPS) is 14.2. The first-order valence-electron chi connectivity index (χ1n) is 5.36. The molecule has 0 aliphatic rings. The summed E-state index contributed by atoms with van der Waals surface area (Å²) in [5, 5.41) is 2.92. The Balaban J connectivity index is 2.74. The van der Waals surface area contributed by atoms with Crippen LogP contribution >= 0.6 is 15.9 Å². The van der Waals surface area contributed by atoms with Gasteiger partial charge in [-0.2, -0.15) is 0 Å². The number of rotatable bonds is 4. The van der Waals surface area contributed by atoms with Crippen LogP contribution in [0.2, 0.25) is 0 Å². The van der Waals surface area contributed by atoms with E-state index in [0.717, 1.165) is 16.5 Å². The molecule has 88 valence electrons. The highest BCUT2D eigenvalue weighted by molar-refractivity contribution is 9.10. The standard InChI is InChI=1S/C12H17BrN2O/c1-3-11(15-12(16)8(2)14)9-4-6-10(13)7-5-9/h4-8,11H,3,14H2,1-2H3,(H,15,16)/t8-,11?/m1/s1. The van der Waals surface area contributed by atoms with Crippen molar-refractivity contribution in [3.05, 3.63) is 34.3 Å². The van der Waals surface area contributed by atoms with Crippen molar-refractivity contribution in [3.63, 3.8) is 0 Å². The predicted octanol–water partition coefficient (Wildman–Crippen LogP) is 2.36. The van der Waals surface area contributed by atoms with E-state index in [0.29, 0.717) is 0 Å². The summed E-state index contributed by atoms with van der Waals surface area (Å²) >= 11 is 3.38. The topological polar surface area (TPSA) is 55.1 Å². The van der Waals surface area contributed by atoms with E-state index >= 15 is 0 Å². The lowest BCUT2D eigenvalue weighted by Crippen LogP contribution is -2.40. The summed E-state index contributed by atoms with van der Waals surface area (Å²) in [6.45, 7) is 3.72. The van der Waals surface area contributed by atoms with Crippen molar-refractivity contribution in [2.75, 3.05) is 0 Å². The molecule has 0 saturated carbocycles. The van der Waals surface area contributed by atoms with Crippen LogP contribution in [0.3, 0.4) is 0 Å². The second-order valence-electron chi connectivity index (χ2n) is 3.81. The van der Waals surface area contributed by atoms with Gasteiger partial charge >= 0.3 is 0 Å². The summed E-state index contributed by atoms with van der Waals surface area (Å²) < 4.78 is 1.03. The molecule has 16 heavy (non-hydrogen) atoms. The van der Waals surface area contributed by atoms with Gasteiger partial charge in [-0.25, -0.2) is 0 Å². The van der Waals surface area contributed by atoms with Crippen LogP contribution in [-0.2, 0) is 4.79 Å². The Morgan fingerprint density at radius 2 is 2.00 bits per heavy atom. The largest absolute Gasteiger partial charge is 0.348 e. The van der Waals surface area contributed by atoms with Crippen molar-refractivity contribution in [2.24, 2.45) is 5.73 Å². The van der Waals surface area contributed by atoms with Gasteiger partial charge in [0.2, 0.25) is 5.91 Å². The SMILES string of the molecule is CCC(NC(=O)[C@@H](C)N)c1ccc(Br)cc1. The molecule has 1 aromatic rings. The van der Waals surface area contributed by atoms with Crippen LogP contribution < -0.4 is 11.1 Å². The van der Waals surface area contributed by atoms with Gasteiger partial charge in [0.15, 0.2) is 0 Å².